The SMILES string of the molecule is CS(=O)(=O)NCC1CN(CC(=O)N2CCCC2)Cc2ccnn21. The van der Waals surface area contributed by atoms with Crippen LogP contribution in [0.1, 0.15) is 24.6 Å². The molecule has 1 fully saturated rings. The zero-order chi connectivity index (χ0) is 16.4. The van der Waals surface area contributed by atoms with Gasteiger partial charge in [0.2, 0.25) is 15.9 Å². The topological polar surface area (TPSA) is 87.5 Å². The quantitative estimate of drug-likeness (QED) is 0.774. The van der Waals surface area contributed by atoms with E-state index in [-0.39, 0.29) is 18.5 Å². The minimum atomic E-state index is -3.25. The third-order valence-electron chi connectivity index (χ3n) is 4.35. The van der Waals surface area contributed by atoms with E-state index in [1.54, 1.807) is 6.20 Å². The predicted octanol–water partition coefficient (Wildman–Crippen LogP) is -0.589. The molecule has 0 aromatic carbocycles. The second-order valence-electron chi connectivity index (χ2n) is 6.30. The van der Waals surface area contributed by atoms with E-state index in [0.717, 1.165) is 37.9 Å². The van der Waals surface area contributed by atoms with Gasteiger partial charge in [0.05, 0.1) is 24.5 Å². The molecule has 2 aliphatic rings. The Morgan fingerprint density at radius 1 is 1.39 bits per heavy atom. The van der Waals surface area contributed by atoms with Gasteiger partial charge in [0, 0.05) is 38.9 Å². The van der Waals surface area contributed by atoms with E-state index < -0.39 is 10.0 Å². The first-order valence-electron chi connectivity index (χ1n) is 7.89. The van der Waals surface area contributed by atoms with Crippen molar-refractivity contribution < 1.29 is 13.2 Å². The molecule has 1 saturated heterocycles. The molecule has 128 valence electrons. The van der Waals surface area contributed by atoms with Crippen molar-refractivity contribution in [3.05, 3.63) is 18.0 Å². The zero-order valence-electron chi connectivity index (χ0n) is 13.3. The lowest BCUT2D eigenvalue weighted by Crippen LogP contribution is -2.46. The van der Waals surface area contributed by atoms with Crippen LogP contribution in [0.15, 0.2) is 12.3 Å². The second-order valence-corrected chi connectivity index (χ2v) is 8.13. The number of carbonyl (C=O) groups excluding carboxylic acids is 1. The summed E-state index contributed by atoms with van der Waals surface area (Å²) in [7, 11) is -3.25. The summed E-state index contributed by atoms with van der Waals surface area (Å²) in [5.41, 5.74) is 1.01. The van der Waals surface area contributed by atoms with Crippen molar-refractivity contribution in [2.75, 3.05) is 39.0 Å². The fourth-order valence-electron chi connectivity index (χ4n) is 3.24. The maximum absolute atomic E-state index is 12.3. The van der Waals surface area contributed by atoms with Crippen molar-refractivity contribution in [2.45, 2.75) is 25.4 Å². The third-order valence-corrected chi connectivity index (χ3v) is 5.04. The highest BCUT2D eigenvalue weighted by atomic mass is 32.2. The molecule has 1 aromatic rings. The molecule has 23 heavy (non-hydrogen) atoms. The molecular weight excluding hydrogens is 318 g/mol. The molecule has 2 aliphatic heterocycles. The maximum atomic E-state index is 12.3. The smallest absolute Gasteiger partial charge is 0.236 e. The molecular formula is C14H23N5O3S. The van der Waals surface area contributed by atoms with Crippen LogP contribution in [0.3, 0.4) is 0 Å². The molecule has 3 rings (SSSR count). The fraction of sp³-hybridized carbons (Fsp3) is 0.714. The molecule has 0 aliphatic carbocycles. The number of amides is 1. The average molecular weight is 341 g/mol. The Bertz CT molecular complexity index is 666. The van der Waals surface area contributed by atoms with Crippen LogP contribution in [0, 0.1) is 0 Å². The van der Waals surface area contributed by atoms with Gasteiger partial charge < -0.3 is 4.90 Å². The Labute approximate surface area is 136 Å². The summed E-state index contributed by atoms with van der Waals surface area (Å²) in [6.07, 6.45) is 5.03. The lowest BCUT2D eigenvalue weighted by Gasteiger charge is -2.34. The lowest BCUT2D eigenvalue weighted by molar-refractivity contribution is -0.131. The van der Waals surface area contributed by atoms with Crippen molar-refractivity contribution in [1.82, 2.24) is 24.3 Å². The van der Waals surface area contributed by atoms with Crippen molar-refractivity contribution in [3.63, 3.8) is 0 Å². The van der Waals surface area contributed by atoms with E-state index in [2.05, 4.69) is 14.7 Å². The molecule has 0 bridgehead atoms. The summed E-state index contributed by atoms with van der Waals surface area (Å²) in [5, 5.41) is 4.29. The minimum absolute atomic E-state index is 0.102. The van der Waals surface area contributed by atoms with Gasteiger partial charge in [-0.3, -0.25) is 14.4 Å². The summed E-state index contributed by atoms with van der Waals surface area (Å²) in [6.45, 7) is 3.63. The van der Waals surface area contributed by atoms with Crippen LogP contribution in [0.5, 0.6) is 0 Å². The van der Waals surface area contributed by atoms with Gasteiger partial charge in [-0.05, 0) is 18.9 Å². The van der Waals surface area contributed by atoms with Crippen molar-refractivity contribution >= 4 is 15.9 Å². The third kappa shape index (κ3) is 4.10. The van der Waals surface area contributed by atoms with Crippen LogP contribution in [0.4, 0.5) is 0 Å². The maximum Gasteiger partial charge on any atom is 0.236 e. The van der Waals surface area contributed by atoms with Crippen molar-refractivity contribution in [2.24, 2.45) is 0 Å². The zero-order valence-corrected chi connectivity index (χ0v) is 14.1. The monoisotopic (exact) mass is 341 g/mol. The predicted molar refractivity (Wildman–Crippen MR) is 85.2 cm³/mol. The summed E-state index contributed by atoms with van der Waals surface area (Å²) >= 11 is 0. The van der Waals surface area contributed by atoms with Gasteiger partial charge in [-0.1, -0.05) is 0 Å². The minimum Gasteiger partial charge on any atom is -0.342 e. The van der Waals surface area contributed by atoms with Crippen molar-refractivity contribution in [3.8, 4) is 0 Å². The first-order valence-corrected chi connectivity index (χ1v) is 9.79. The molecule has 3 heterocycles. The lowest BCUT2D eigenvalue weighted by atomic mass is 10.2. The van der Waals surface area contributed by atoms with E-state index in [1.807, 2.05) is 15.6 Å². The fourth-order valence-corrected chi connectivity index (χ4v) is 3.74. The van der Waals surface area contributed by atoms with Crippen LogP contribution >= 0.6 is 0 Å². The molecule has 1 aromatic heterocycles. The number of aromatic nitrogens is 2. The van der Waals surface area contributed by atoms with Gasteiger partial charge in [-0.15, -0.1) is 0 Å². The van der Waals surface area contributed by atoms with E-state index in [9.17, 15) is 13.2 Å². The second kappa shape index (κ2) is 6.58. The summed E-state index contributed by atoms with van der Waals surface area (Å²) in [4.78, 5) is 16.3. The average Bonchev–Trinajstić information content (AvgIpc) is 3.14. The Morgan fingerprint density at radius 2 is 2.13 bits per heavy atom. The van der Waals surface area contributed by atoms with E-state index in [4.69, 9.17) is 0 Å². The first kappa shape index (κ1) is 16.4. The number of hydrogen-bond donors (Lipinski definition) is 1. The Balaban J connectivity index is 1.66. The molecule has 1 atom stereocenters. The van der Waals surface area contributed by atoms with Gasteiger partial charge in [-0.2, -0.15) is 5.10 Å². The van der Waals surface area contributed by atoms with Gasteiger partial charge in [0.1, 0.15) is 0 Å². The Kier molecular flexibility index (Phi) is 4.69. The molecule has 1 unspecified atom stereocenters. The number of rotatable bonds is 5. The molecule has 1 N–H and O–H groups in total. The molecule has 0 spiro atoms. The number of sulfonamides is 1. The highest BCUT2D eigenvalue weighted by Gasteiger charge is 2.29. The van der Waals surface area contributed by atoms with Gasteiger partial charge in [0.15, 0.2) is 0 Å². The number of hydrogen-bond acceptors (Lipinski definition) is 5. The largest absolute Gasteiger partial charge is 0.342 e. The van der Waals surface area contributed by atoms with Gasteiger partial charge in [-0.25, -0.2) is 13.1 Å². The molecule has 0 saturated carbocycles. The number of carbonyl (C=O) groups is 1. The highest BCUT2D eigenvalue weighted by Crippen LogP contribution is 2.20. The normalized spacial score (nSPS) is 22.3. The van der Waals surface area contributed by atoms with E-state index >= 15 is 0 Å². The number of fused-ring (bicyclic) bond motifs is 1. The number of nitrogens with zero attached hydrogens (tertiary/aromatic N) is 4. The Morgan fingerprint density at radius 3 is 2.83 bits per heavy atom. The standard InChI is InChI=1S/C14H23N5O3S/c1-23(21,22)16-8-13-10-17(9-12-4-5-15-19(12)13)11-14(20)18-6-2-3-7-18/h4-5,13,16H,2-3,6-11H2,1H3. The van der Waals surface area contributed by atoms with Gasteiger partial charge in [0.25, 0.3) is 0 Å². The first-order chi connectivity index (χ1) is 10.9. The molecule has 1 amide bonds. The van der Waals surface area contributed by atoms with Crippen LogP contribution in [0.25, 0.3) is 0 Å². The van der Waals surface area contributed by atoms with Crippen molar-refractivity contribution in [1.29, 1.82) is 0 Å². The summed E-state index contributed by atoms with van der Waals surface area (Å²) in [6, 6.07) is 1.81. The molecule has 0 radical (unpaired) electrons. The summed E-state index contributed by atoms with van der Waals surface area (Å²) < 4.78 is 27.1. The van der Waals surface area contributed by atoms with Crippen LogP contribution in [-0.2, 0) is 21.4 Å². The molecule has 9 heteroatoms. The summed E-state index contributed by atoms with van der Waals surface area (Å²) in [5.74, 6) is 0.158. The van der Waals surface area contributed by atoms with E-state index in [0.29, 0.717) is 19.6 Å². The highest BCUT2D eigenvalue weighted by molar-refractivity contribution is 7.88. The molecule has 8 nitrogen and oxygen atoms in total. The Hall–Kier alpha value is -1.45. The van der Waals surface area contributed by atoms with Crippen LogP contribution in [-0.4, -0.2) is 72.9 Å². The van der Waals surface area contributed by atoms with E-state index in [1.165, 1.54) is 0 Å². The number of nitrogens with one attached hydrogen (secondary N) is 1. The number of likely N-dealkylation sites (tertiary alicyclic amines) is 1. The van der Waals surface area contributed by atoms with Crippen LogP contribution < -0.4 is 4.72 Å². The van der Waals surface area contributed by atoms with Crippen LogP contribution in [0.2, 0.25) is 0 Å². The van der Waals surface area contributed by atoms with Gasteiger partial charge >= 0.3 is 0 Å².